The molecule has 0 atom stereocenters. The van der Waals surface area contributed by atoms with Gasteiger partial charge < -0.3 is 16.4 Å². The predicted octanol–water partition coefficient (Wildman–Crippen LogP) is 1.94. The third kappa shape index (κ3) is 2.72. The molecule has 0 unspecified atom stereocenters. The third-order valence-corrected chi connectivity index (χ3v) is 4.80. The average molecular weight is 265 g/mol. The van der Waals surface area contributed by atoms with Gasteiger partial charge >= 0.3 is 0 Å². The van der Waals surface area contributed by atoms with E-state index in [4.69, 9.17) is 5.73 Å². The van der Waals surface area contributed by atoms with Crippen molar-refractivity contribution in [2.75, 3.05) is 30.9 Å². The van der Waals surface area contributed by atoms with Crippen molar-refractivity contribution in [2.24, 2.45) is 0 Å². The summed E-state index contributed by atoms with van der Waals surface area (Å²) >= 11 is 1.90. The predicted molar refractivity (Wildman–Crippen MR) is 78.2 cm³/mol. The van der Waals surface area contributed by atoms with E-state index in [1.165, 1.54) is 12.8 Å². The number of hydrogen-bond acceptors (Lipinski definition) is 4. The number of carbonyl (C=O) groups excluding carboxylic acids is 1. The lowest BCUT2D eigenvalue weighted by Gasteiger charge is -2.16. The molecule has 1 aliphatic carbocycles. The molecular formula is C13H19N3OS. The Hall–Kier alpha value is -1.36. The molecule has 0 heterocycles. The fraction of sp³-hybridized carbons (Fsp3) is 0.462. The maximum atomic E-state index is 11.6. The molecule has 98 valence electrons. The molecule has 0 spiro atoms. The van der Waals surface area contributed by atoms with Gasteiger partial charge in [0.2, 0.25) is 0 Å². The van der Waals surface area contributed by atoms with Crippen LogP contribution in [0.2, 0.25) is 0 Å². The normalized spacial score (nSPS) is 16.1. The maximum absolute atomic E-state index is 11.6. The minimum Gasteiger partial charge on any atom is -0.397 e. The van der Waals surface area contributed by atoms with Crippen LogP contribution in [0.1, 0.15) is 23.2 Å². The van der Waals surface area contributed by atoms with Crippen LogP contribution in [-0.2, 0) is 0 Å². The molecule has 1 saturated carbocycles. The van der Waals surface area contributed by atoms with Gasteiger partial charge in [0.15, 0.2) is 0 Å². The zero-order chi connectivity index (χ0) is 13.2. The van der Waals surface area contributed by atoms with E-state index in [0.717, 1.165) is 12.2 Å². The van der Waals surface area contributed by atoms with Gasteiger partial charge in [-0.25, -0.2) is 0 Å². The van der Waals surface area contributed by atoms with Gasteiger partial charge in [0.25, 0.3) is 5.91 Å². The van der Waals surface area contributed by atoms with Crippen molar-refractivity contribution in [3.05, 3.63) is 23.8 Å². The van der Waals surface area contributed by atoms with Gasteiger partial charge in [0, 0.05) is 23.9 Å². The largest absolute Gasteiger partial charge is 0.397 e. The summed E-state index contributed by atoms with van der Waals surface area (Å²) in [5.41, 5.74) is 8.07. The van der Waals surface area contributed by atoms with Crippen molar-refractivity contribution in [3.8, 4) is 0 Å². The molecule has 4 nitrogen and oxygen atoms in total. The van der Waals surface area contributed by atoms with E-state index in [0.29, 0.717) is 16.0 Å². The summed E-state index contributed by atoms with van der Waals surface area (Å²) in [6.07, 6.45) is 4.63. The van der Waals surface area contributed by atoms with E-state index >= 15 is 0 Å². The molecule has 18 heavy (non-hydrogen) atoms. The smallest absolute Gasteiger partial charge is 0.251 e. The van der Waals surface area contributed by atoms with Crippen molar-refractivity contribution >= 4 is 29.0 Å². The van der Waals surface area contributed by atoms with Crippen LogP contribution in [0, 0.1) is 0 Å². The summed E-state index contributed by atoms with van der Waals surface area (Å²) in [5.74, 6) is -0.0935. The Labute approximate surface area is 112 Å². The Morgan fingerprint density at radius 3 is 2.78 bits per heavy atom. The Bertz CT molecular complexity index is 458. The highest BCUT2D eigenvalue weighted by atomic mass is 32.2. The van der Waals surface area contributed by atoms with E-state index in [2.05, 4.69) is 16.9 Å². The highest BCUT2D eigenvalue weighted by Gasteiger charge is 2.41. The van der Waals surface area contributed by atoms with Gasteiger partial charge in [-0.05, 0) is 37.3 Å². The summed E-state index contributed by atoms with van der Waals surface area (Å²) in [4.78, 5) is 11.6. The molecule has 1 aromatic rings. The van der Waals surface area contributed by atoms with Crippen LogP contribution < -0.4 is 16.4 Å². The van der Waals surface area contributed by atoms with Gasteiger partial charge in [-0.3, -0.25) is 4.79 Å². The minimum atomic E-state index is -0.0935. The SMILES string of the molecule is CNC(=O)c1ccc(N)c(NCC2(SC)CC2)c1. The Morgan fingerprint density at radius 1 is 1.50 bits per heavy atom. The monoisotopic (exact) mass is 265 g/mol. The summed E-state index contributed by atoms with van der Waals surface area (Å²) in [6.45, 7) is 0.898. The van der Waals surface area contributed by atoms with Crippen LogP contribution in [0.25, 0.3) is 0 Å². The van der Waals surface area contributed by atoms with Crippen molar-refractivity contribution in [1.82, 2.24) is 5.32 Å². The fourth-order valence-electron chi connectivity index (χ4n) is 1.84. The van der Waals surface area contributed by atoms with Crippen LogP contribution in [0.15, 0.2) is 18.2 Å². The van der Waals surface area contributed by atoms with E-state index in [1.807, 2.05) is 17.8 Å². The molecule has 1 amide bonds. The summed E-state index contributed by atoms with van der Waals surface area (Å²) < 4.78 is 0.370. The van der Waals surface area contributed by atoms with Crippen LogP contribution in [0.3, 0.4) is 0 Å². The van der Waals surface area contributed by atoms with Gasteiger partial charge in [-0.2, -0.15) is 11.8 Å². The molecule has 4 N–H and O–H groups in total. The molecule has 0 aliphatic heterocycles. The van der Waals surface area contributed by atoms with Crippen molar-refractivity contribution < 1.29 is 4.79 Å². The van der Waals surface area contributed by atoms with Crippen LogP contribution in [0.5, 0.6) is 0 Å². The average Bonchev–Trinajstić information content (AvgIpc) is 3.17. The Kier molecular flexibility index (Phi) is 3.71. The molecule has 0 radical (unpaired) electrons. The Morgan fingerprint density at radius 2 is 2.22 bits per heavy atom. The Balaban J connectivity index is 2.09. The second kappa shape index (κ2) is 5.10. The second-order valence-corrected chi connectivity index (χ2v) is 5.90. The first-order chi connectivity index (χ1) is 8.60. The number of hydrogen-bond donors (Lipinski definition) is 3. The highest BCUT2D eigenvalue weighted by Crippen LogP contribution is 2.47. The molecule has 0 bridgehead atoms. The first-order valence-electron chi connectivity index (χ1n) is 6.01. The van der Waals surface area contributed by atoms with Crippen molar-refractivity contribution in [3.63, 3.8) is 0 Å². The molecule has 5 heteroatoms. The van der Waals surface area contributed by atoms with E-state index in [9.17, 15) is 4.79 Å². The summed E-state index contributed by atoms with van der Waals surface area (Å²) in [6, 6.07) is 5.32. The van der Waals surface area contributed by atoms with Crippen LogP contribution >= 0.6 is 11.8 Å². The number of thioether (sulfide) groups is 1. The summed E-state index contributed by atoms with van der Waals surface area (Å²) in [7, 11) is 1.62. The number of carbonyl (C=O) groups is 1. The number of nitrogen functional groups attached to an aromatic ring is 1. The topological polar surface area (TPSA) is 67.2 Å². The standard InChI is InChI=1S/C13H19N3OS/c1-15-12(17)9-3-4-10(14)11(7-9)16-8-13(18-2)5-6-13/h3-4,7,16H,5-6,8,14H2,1-2H3,(H,15,17). The zero-order valence-electron chi connectivity index (χ0n) is 10.7. The zero-order valence-corrected chi connectivity index (χ0v) is 11.6. The molecule has 0 aromatic heterocycles. The quantitative estimate of drug-likeness (QED) is 0.712. The lowest BCUT2D eigenvalue weighted by atomic mass is 10.1. The third-order valence-electron chi connectivity index (χ3n) is 3.38. The highest BCUT2D eigenvalue weighted by molar-refractivity contribution is 8.00. The van der Waals surface area contributed by atoms with E-state index < -0.39 is 0 Å². The molecular weight excluding hydrogens is 246 g/mol. The van der Waals surface area contributed by atoms with Crippen LogP contribution in [-0.4, -0.2) is 30.5 Å². The maximum Gasteiger partial charge on any atom is 0.251 e. The van der Waals surface area contributed by atoms with Gasteiger partial charge in [0.1, 0.15) is 0 Å². The van der Waals surface area contributed by atoms with Gasteiger partial charge in [0.05, 0.1) is 11.4 Å². The van der Waals surface area contributed by atoms with E-state index in [-0.39, 0.29) is 5.91 Å². The number of nitrogens with two attached hydrogens (primary N) is 1. The number of amides is 1. The second-order valence-electron chi connectivity index (χ2n) is 4.62. The fourth-order valence-corrected chi connectivity index (χ4v) is 2.57. The lowest BCUT2D eigenvalue weighted by Crippen LogP contribution is -2.20. The minimum absolute atomic E-state index is 0.0935. The van der Waals surface area contributed by atoms with E-state index in [1.54, 1.807) is 19.2 Å². The van der Waals surface area contributed by atoms with Crippen molar-refractivity contribution in [2.45, 2.75) is 17.6 Å². The molecule has 1 aromatic carbocycles. The number of rotatable bonds is 5. The van der Waals surface area contributed by atoms with Gasteiger partial charge in [-0.15, -0.1) is 0 Å². The number of anilines is 2. The molecule has 1 aliphatic rings. The number of nitrogens with one attached hydrogen (secondary N) is 2. The first kappa shape index (κ1) is 13.1. The van der Waals surface area contributed by atoms with Crippen molar-refractivity contribution in [1.29, 1.82) is 0 Å². The number of benzene rings is 1. The molecule has 1 fully saturated rings. The van der Waals surface area contributed by atoms with Crippen LogP contribution in [0.4, 0.5) is 11.4 Å². The molecule has 0 saturated heterocycles. The van der Waals surface area contributed by atoms with Gasteiger partial charge in [-0.1, -0.05) is 0 Å². The first-order valence-corrected chi connectivity index (χ1v) is 7.23. The molecule has 2 rings (SSSR count). The summed E-state index contributed by atoms with van der Waals surface area (Å²) in [5, 5.41) is 5.97. The lowest BCUT2D eigenvalue weighted by molar-refractivity contribution is 0.0963.